The van der Waals surface area contributed by atoms with E-state index in [9.17, 15) is 4.79 Å². The zero-order chi connectivity index (χ0) is 5.70. The van der Waals surface area contributed by atoms with E-state index < -0.39 is 0 Å². The number of carbonyl (C=O) groups excluding carboxylic acids is 1. The van der Waals surface area contributed by atoms with Gasteiger partial charge in [0.2, 0.25) is 0 Å². The summed E-state index contributed by atoms with van der Waals surface area (Å²) in [4.78, 5) is 10.3. The summed E-state index contributed by atoms with van der Waals surface area (Å²) in [7, 11) is 0. The minimum absolute atomic E-state index is 0. The van der Waals surface area contributed by atoms with Gasteiger partial charge in [0.25, 0.3) is 0 Å². The van der Waals surface area contributed by atoms with Crippen molar-refractivity contribution < 1.29 is 4.79 Å². The zero-order valence-electron chi connectivity index (χ0n) is 4.61. The molecule has 0 spiro atoms. The predicted octanol–water partition coefficient (Wildman–Crippen LogP) is -0.848. The molecule has 0 aliphatic carbocycles. The average molecular weight is 327 g/mol. The number of carbonyl (C=O) groups is 1. The van der Waals surface area contributed by atoms with Crippen molar-refractivity contribution in [1.82, 2.24) is 0 Å². The van der Waals surface area contributed by atoms with Gasteiger partial charge in [0.1, 0.15) is 0 Å². The molecular weight excluding hydrogens is 313 g/mol. The molecule has 0 N–H and O–H groups in total. The topological polar surface area (TPSA) is 17.1 Å². The third-order valence-electron chi connectivity index (χ3n) is 0.777. The molecule has 0 radical (unpaired) electrons. The van der Waals surface area contributed by atoms with E-state index in [2.05, 4.69) is 6.92 Å². The fourth-order valence-corrected chi connectivity index (χ4v) is 0.934. The predicted molar refractivity (Wildman–Crippen MR) is 43.0 cm³/mol. The second-order valence-electron chi connectivity index (χ2n) is 1.57. The van der Waals surface area contributed by atoms with E-state index in [1.807, 2.05) is 0 Å². The quantitative estimate of drug-likeness (QED) is 0.618. The van der Waals surface area contributed by atoms with Crippen molar-refractivity contribution in [2.24, 2.45) is 0 Å². The van der Waals surface area contributed by atoms with Crippen LogP contribution in [-0.2, 0) is 4.79 Å². The van der Waals surface area contributed by atoms with Crippen LogP contribution in [0.1, 0.15) is 26.2 Å². The van der Waals surface area contributed by atoms with Crippen LogP contribution in [0.25, 0.3) is 0 Å². The molecule has 0 aromatic heterocycles. The number of hydrogen-bond donors (Lipinski definition) is 0. The molecular formula is C5H14InOSb. The van der Waals surface area contributed by atoms with Crippen molar-refractivity contribution in [3.8, 4) is 0 Å². The average Bonchev–Trinajstić information content (AvgIpc) is 1.61. The summed E-state index contributed by atoms with van der Waals surface area (Å²) >= 11 is 0.801. The van der Waals surface area contributed by atoms with Crippen LogP contribution in [0, 0.1) is 0 Å². The minimum atomic E-state index is 0. The maximum atomic E-state index is 10.3. The zero-order valence-corrected chi connectivity index (χ0v) is 7.90. The van der Waals surface area contributed by atoms with E-state index >= 15 is 0 Å². The second-order valence-corrected chi connectivity index (χ2v) is 3.41. The van der Waals surface area contributed by atoms with Gasteiger partial charge in [0.15, 0.2) is 0 Å². The fraction of sp³-hybridized carbons (Fsp3) is 0.800. The van der Waals surface area contributed by atoms with Gasteiger partial charge in [-0.1, -0.05) is 0 Å². The molecule has 48 valence electrons. The summed E-state index contributed by atoms with van der Waals surface area (Å²) in [5.41, 5.74) is 0. The SMILES string of the molecule is CCCC[C](=O)[SbH2].[InH3]. The van der Waals surface area contributed by atoms with Gasteiger partial charge in [0, 0.05) is 0 Å². The maximum absolute atomic E-state index is 10.3. The van der Waals surface area contributed by atoms with E-state index in [1.54, 1.807) is 0 Å². The number of rotatable bonds is 3. The van der Waals surface area contributed by atoms with Crippen LogP contribution in [0.4, 0.5) is 0 Å². The Morgan fingerprint density at radius 2 is 2.12 bits per heavy atom. The third-order valence-corrected chi connectivity index (χ3v) is 1.60. The molecule has 0 aromatic rings. The molecule has 0 amide bonds. The van der Waals surface area contributed by atoms with Crippen LogP contribution in [0.15, 0.2) is 0 Å². The second kappa shape index (κ2) is 8.36. The standard InChI is InChI=1S/C5H9O.In.Sb.5H/c1-2-3-4-5-6;;;;;;;/h2-4H2,1H3;;;;;;;. The van der Waals surface area contributed by atoms with Crippen molar-refractivity contribution in [3.63, 3.8) is 0 Å². The monoisotopic (exact) mass is 326 g/mol. The van der Waals surface area contributed by atoms with Gasteiger partial charge in [-0.05, 0) is 0 Å². The van der Waals surface area contributed by atoms with Crippen molar-refractivity contribution in [3.05, 3.63) is 0 Å². The van der Waals surface area contributed by atoms with Gasteiger partial charge in [-0.2, -0.15) is 0 Å². The van der Waals surface area contributed by atoms with Crippen molar-refractivity contribution in [2.45, 2.75) is 26.2 Å². The van der Waals surface area contributed by atoms with E-state index in [0.717, 1.165) is 42.3 Å². The first kappa shape index (κ1) is 12.1. The molecule has 1 nitrogen and oxygen atoms in total. The van der Waals surface area contributed by atoms with Gasteiger partial charge in [-0.15, -0.1) is 0 Å². The molecule has 0 atom stereocenters. The Labute approximate surface area is 82.9 Å². The van der Waals surface area contributed by atoms with Crippen molar-refractivity contribution in [1.29, 1.82) is 0 Å². The van der Waals surface area contributed by atoms with Crippen LogP contribution < -0.4 is 0 Å². The molecule has 0 bridgehead atoms. The third kappa shape index (κ3) is 10.4. The molecule has 0 aromatic carbocycles. The number of hydrogen-bond acceptors (Lipinski definition) is 1. The molecule has 0 aliphatic heterocycles. The van der Waals surface area contributed by atoms with Crippen molar-refractivity contribution in [2.75, 3.05) is 0 Å². The molecule has 0 rings (SSSR count). The Morgan fingerprint density at radius 1 is 1.62 bits per heavy atom. The van der Waals surface area contributed by atoms with E-state index in [-0.39, 0.29) is 25.8 Å². The Morgan fingerprint density at radius 3 is 2.25 bits per heavy atom. The fourth-order valence-electron chi connectivity index (χ4n) is 0.351. The Bertz CT molecular complexity index is 65.4. The van der Waals surface area contributed by atoms with Gasteiger partial charge in [-0.3, -0.25) is 0 Å². The summed E-state index contributed by atoms with van der Waals surface area (Å²) < 4.78 is 0.437. The molecule has 0 aliphatic rings. The van der Waals surface area contributed by atoms with Crippen LogP contribution in [0.5, 0.6) is 0 Å². The molecule has 0 unspecified atom stereocenters. The first-order valence-electron chi connectivity index (χ1n) is 2.55. The molecule has 0 saturated carbocycles. The van der Waals surface area contributed by atoms with E-state index in [1.165, 1.54) is 0 Å². The van der Waals surface area contributed by atoms with Crippen LogP contribution in [-0.4, -0.2) is 52.6 Å². The van der Waals surface area contributed by atoms with Gasteiger partial charge in [-0.25, -0.2) is 0 Å². The molecule has 3 heteroatoms. The van der Waals surface area contributed by atoms with Gasteiger partial charge < -0.3 is 0 Å². The van der Waals surface area contributed by atoms with Crippen molar-refractivity contribution >= 4 is 52.6 Å². The molecule has 0 fully saturated rings. The van der Waals surface area contributed by atoms with Crippen LogP contribution >= 0.6 is 0 Å². The Balaban J connectivity index is 0. The molecule has 0 heterocycles. The van der Waals surface area contributed by atoms with Gasteiger partial charge >= 0.3 is 83.6 Å². The molecule has 0 saturated heterocycles. The summed E-state index contributed by atoms with van der Waals surface area (Å²) in [6.07, 6.45) is 3.05. The first-order valence-corrected chi connectivity index (χ1v) is 4.20. The summed E-state index contributed by atoms with van der Waals surface area (Å²) in [5, 5.41) is 0. The van der Waals surface area contributed by atoms with Crippen LogP contribution in [0.3, 0.4) is 0 Å². The summed E-state index contributed by atoms with van der Waals surface area (Å²) in [6, 6.07) is 0. The summed E-state index contributed by atoms with van der Waals surface area (Å²) in [6.45, 7) is 2.10. The van der Waals surface area contributed by atoms with Gasteiger partial charge in [0.05, 0.1) is 0 Å². The first-order chi connectivity index (χ1) is 3.27. The van der Waals surface area contributed by atoms with E-state index in [0.29, 0.717) is 3.73 Å². The van der Waals surface area contributed by atoms with Crippen LogP contribution in [0.2, 0.25) is 0 Å². The normalized spacial score (nSPS) is 7.75. The summed E-state index contributed by atoms with van der Waals surface area (Å²) in [5.74, 6) is 0. The Kier molecular flexibility index (Phi) is 12.6. The Hall–Kier alpha value is 1.36. The van der Waals surface area contributed by atoms with E-state index in [4.69, 9.17) is 0 Å². The number of unbranched alkanes of at least 4 members (excludes halogenated alkanes) is 1. The molecule has 8 heavy (non-hydrogen) atoms.